The molecule has 186 valence electrons. The largest absolute Gasteiger partial charge is 0.462 e. The van der Waals surface area contributed by atoms with Crippen LogP contribution >= 0.6 is 0 Å². The summed E-state index contributed by atoms with van der Waals surface area (Å²) in [6.45, 7) is 1.36. The van der Waals surface area contributed by atoms with E-state index < -0.39 is 47.8 Å². The summed E-state index contributed by atoms with van der Waals surface area (Å²) in [4.78, 5) is 50.1. The number of rotatable bonds is 8. The third-order valence-corrected chi connectivity index (χ3v) is 5.16. The maximum Gasteiger partial charge on any atom is 0.418 e. The van der Waals surface area contributed by atoms with Crippen LogP contribution in [0.25, 0.3) is 0 Å². The van der Waals surface area contributed by atoms with E-state index >= 15 is 0 Å². The van der Waals surface area contributed by atoms with Gasteiger partial charge in [0.2, 0.25) is 5.91 Å². The average Bonchev–Trinajstić information content (AvgIpc) is 3.22. The van der Waals surface area contributed by atoms with Crippen molar-refractivity contribution in [2.75, 3.05) is 30.0 Å². The van der Waals surface area contributed by atoms with Crippen LogP contribution in [0, 0.1) is 5.92 Å². The Kier molecular flexibility index (Phi) is 8.10. The number of alkyl halides is 3. The molecule has 0 aromatic heterocycles. The number of hydrogen-bond acceptors (Lipinski definition) is 6. The zero-order valence-electron chi connectivity index (χ0n) is 18.8. The topological polar surface area (TPSA) is 102 Å². The van der Waals surface area contributed by atoms with Crippen molar-refractivity contribution in [3.63, 3.8) is 0 Å². The fourth-order valence-corrected chi connectivity index (χ4v) is 3.45. The van der Waals surface area contributed by atoms with E-state index in [1.807, 2.05) is 6.92 Å². The summed E-state index contributed by atoms with van der Waals surface area (Å²) in [5, 5.41) is 2.08. The Balaban J connectivity index is 1.54. The summed E-state index contributed by atoms with van der Waals surface area (Å²) in [7, 11) is 0. The number of para-hydroxylation sites is 1. The molecule has 1 heterocycles. The fraction of sp³-hybridized carbons (Fsp3) is 0.333. The van der Waals surface area contributed by atoms with E-state index in [1.165, 1.54) is 29.2 Å². The Bertz CT molecular complexity index is 1100. The van der Waals surface area contributed by atoms with Crippen LogP contribution in [0.1, 0.15) is 35.7 Å². The molecule has 2 aromatic carbocycles. The molecule has 0 saturated carbocycles. The number of ether oxygens (including phenoxy) is 2. The van der Waals surface area contributed by atoms with E-state index in [1.54, 1.807) is 12.1 Å². The van der Waals surface area contributed by atoms with Gasteiger partial charge in [-0.2, -0.15) is 13.2 Å². The van der Waals surface area contributed by atoms with Gasteiger partial charge in [-0.25, -0.2) is 4.79 Å². The summed E-state index contributed by atoms with van der Waals surface area (Å²) in [6.07, 6.45) is -4.13. The number of hydrogen-bond donors (Lipinski definition) is 1. The molecule has 1 fully saturated rings. The number of carbonyl (C=O) groups is 4. The van der Waals surface area contributed by atoms with Gasteiger partial charge in [-0.05, 0) is 42.8 Å². The normalized spacial score (nSPS) is 15.6. The number of nitrogens with one attached hydrogen (secondary N) is 1. The second-order valence-electron chi connectivity index (χ2n) is 7.79. The molecule has 1 atom stereocenters. The van der Waals surface area contributed by atoms with Gasteiger partial charge in [0.15, 0.2) is 6.61 Å². The van der Waals surface area contributed by atoms with Crippen molar-refractivity contribution in [3.8, 4) is 0 Å². The summed E-state index contributed by atoms with van der Waals surface area (Å²) in [5.41, 5.74) is -0.687. The van der Waals surface area contributed by atoms with Gasteiger partial charge in [0.05, 0.1) is 29.3 Å². The van der Waals surface area contributed by atoms with Crippen molar-refractivity contribution in [3.05, 3.63) is 59.7 Å². The van der Waals surface area contributed by atoms with Crippen LogP contribution in [-0.2, 0) is 30.0 Å². The molecule has 1 saturated heterocycles. The lowest BCUT2D eigenvalue weighted by Crippen LogP contribution is -2.28. The van der Waals surface area contributed by atoms with Crippen LogP contribution in [0.15, 0.2) is 48.5 Å². The van der Waals surface area contributed by atoms with Crippen molar-refractivity contribution < 1.29 is 41.8 Å². The highest BCUT2D eigenvalue weighted by atomic mass is 19.4. The summed E-state index contributed by atoms with van der Waals surface area (Å²) < 4.78 is 49.1. The van der Waals surface area contributed by atoms with Crippen molar-refractivity contribution in [1.82, 2.24) is 0 Å². The summed E-state index contributed by atoms with van der Waals surface area (Å²) in [6, 6.07) is 10.6. The molecule has 0 spiro atoms. The predicted molar refractivity (Wildman–Crippen MR) is 119 cm³/mol. The van der Waals surface area contributed by atoms with E-state index in [2.05, 4.69) is 5.32 Å². The Labute approximate surface area is 199 Å². The van der Waals surface area contributed by atoms with Gasteiger partial charge in [0.25, 0.3) is 5.91 Å². The summed E-state index contributed by atoms with van der Waals surface area (Å²) >= 11 is 0. The van der Waals surface area contributed by atoms with Gasteiger partial charge >= 0.3 is 18.1 Å². The van der Waals surface area contributed by atoms with Crippen LogP contribution in [-0.4, -0.2) is 43.5 Å². The Morgan fingerprint density at radius 1 is 1.06 bits per heavy atom. The van der Waals surface area contributed by atoms with E-state index in [4.69, 9.17) is 9.47 Å². The van der Waals surface area contributed by atoms with Crippen LogP contribution < -0.4 is 10.2 Å². The smallest absolute Gasteiger partial charge is 0.418 e. The second kappa shape index (κ2) is 11.0. The first-order valence-electron chi connectivity index (χ1n) is 10.8. The molecule has 2 amide bonds. The SMILES string of the molecule is CCCOC(=O)c1ccc(N2C[C@H](C(=O)OCC(=O)Nc3ccccc3C(F)(F)F)CC2=O)cc1. The molecule has 35 heavy (non-hydrogen) atoms. The number of halogens is 3. The molecular weight excluding hydrogens is 469 g/mol. The minimum atomic E-state index is -4.66. The molecular formula is C24H23F3N2O6. The van der Waals surface area contributed by atoms with Crippen molar-refractivity contribution >= 4 is 35.1 Å². The number of benzene rings is 2. The molecule has 1 aliphatic heterocycles. The quantitative estimate of drug-likeness (QED) is 0.563. The van der Waals surface area contributed by atoms with E-state index in [0.29, 0.717) is 24.3 Å². The highest BCUT2D eigenvalue weighted by Crippen LogP contribution is 2.34. The molecule has 0 unspecified atom stereocenters. The lowest BCUT2D eigenvalue weighted by Gasteiger charge is -2.17. The molecule has 11 heteroatoms. The number of nitrogens with zero attached hydrogens (tertiary/aromatic N) is 1. The Morgan fingerprint density at radius 3 is 2.40 bits per heavy atom. The highest BCUT2D eigenvalue weighted by molar-refractivity contribution is 6.00. The zero-order chi connectivity index (χ0) is 25.6. The van der Waals surface area contributed by atoms with Crippen molar-refractivity contribution in [2.45, 2.75) is 25.9 Å². The number of amides is 2. The first kappa shape index (κ1) is 25.7. The monoisotopic (exact) mass is 492 g/mol. The van der Waals surface area contributed by atoms with Gasteiger partial charge in [-0.15, -0.1) is 0 Å². The fourth-order valence-electron chi connectivity index (χ4n) is 3.45. The van der Waals surface area contributed by atoms with Crippen LogP contribution in [0.3, 0.4) is 0 Å². The van der Waals surface area contributed by atoms with Crippen LogP contribution in [0.5, 0.6) is 0 Å². The predicted octanol–water partition coefficient (Wildman–Crippen LogP) is 3.81. The zero-order valence-corrected chi connectivity index (χ0v) is 18.8. The van der Waals surface area contributed by atoms with E-state index in [9.17, 15) is 32.3 Å². The van der Waals surface area contributed by atoms with E-state index in [0.717, 1.165) is 12.1 Å². The standard InChI is InChI=1S/C24H23F3N2O6/c1-2-11-34-22(32)15-7-9-17(10-8-15)29-13-16(12-21(29)31)23(33)35-14-20(30)28-19-6-4-3-5-18(19)24(25,26)27/h3-10,16H,2,11-14H2,1H3,(H,28,30)/t16-/m1/s1. The molecule has 8 nitrogen and oxygen atoms in total. The molecule has 1 aliphatic rings. The minimum absolute atomic E-state index is 0.00415. The van der Waals surface area contributed by atoms with Crippen LogP contribution in [0.4, 0.5) is 24.5 Å². The third-order valence-electron chi connectivity index (χ3n) is 5.16. The molecule has 0 aliphatic carbocycles. The molecule has 2 aromatic rings. The minimum Gasteiger partial charge on any atom is -0.462 e. The third kappa shape index (κ3) is 6.58. The molecule has 1 N–H and O–H groups in total. The van der Waals surface area contributed by atoms with Gasteiger partial charge < -0.3 is 19.7 Å². The number of esters is 2. The Morgan fingerprint density at radius 2 is 1.74 bits per heavy atom. The summed E-state index contributed by atoms with van der Waals surface area (Å²) in [5.74, 6) is -3.45. The number of carbonyl (C=O) groups excluding carboxylic acids is 4. The first-order valence-corrected chi connectivity index (χ1v) is 10.8. The molecule has 0 radical (unpaired) electrons. The maximum atomic E-state index is 13.0. The van der Waals surface area contributed by atoms with Gasteiger partial charge in [-0.3, -0.25) is 14.4 Å². The van der Waals surface area contributed by atoms with E-state index in [-0.39, 0.29) is 18.9 Å². The second-order valence-corrected chi connectivity index (χ2v) is 7.79. The Hall–Kier alpha value is -3.89. The van der Waals surface area contributed by atoms with Gasteiger partial charge in [-0.1, -0.05) is 19.1 Å². The van der Waals surface area contributed by atoms with Gasteiger partial charge in [0, 0.05) is 18.7 Å². The molecule has 3 rings (SSSR count). The lowest BCUT2D eigenvalue weighted by atomic mass is 10.1. The molecule has 0 bridgehead atoms. The first-order chi connectivity index (χ1) is 16.6. The lowest BCUT2D eigenvalue weighted by molar-refractivity contribution is -0.151. The number of anilines is 2. The average molecular weight is 492 g/mol. The highest BCUT2D eigenvalue weighted by Gasteiger charge is 2.37. The van der Waals surface area contributed by atoms with Crippen molar-refractivity contribution in [1.29, 1.82) is 0 Å². The van der Waals surface area contributed by atoms with Crippen LogP contribution in [0.2, 0.25) is 0 Å². The van der Waals surface area contributed by atoms with Gasteiger partial charge in [0.1, 0.15) is 0 Å². The maximum absolute atomic E-state index is 13.0. The van der Waals surface area contributed by atoms with Crippen molar-refractivity contribution in [2.24, 2.45) is 5.92 Å².